The van der Waals surface area contributed by atoms with E-state index in [1.54, 1.807) is 40.8 Å². The number of rotatable bonds is 7. The first-order valence-electron chi connectivity index (χ1n) is 11.0. The van der Waals surface area contributed by atoms with Crippen LogP contribution in [0, 0.1) is 0 Å². The number of nitrogens with zero attached hydrogens (tertiary/aromatic N) is 3. The van der Waals surface area contributed by atoms with Crippen molar-refractivity contribution in [1.29, 1.82) is 0 Å². The number of sulfonamides is 1. The Hall–Kier alpha value is -3.21. The first-order valence-corrected chi connectivity index (χ1v) is 12.8. The van der Waals surface area contributed by atoms with Crippen molar-refractivity contribution in [3.05, 3.63) is 59.9 Å². The number of halogens is 2. The van der Waals surface area contributed by atoms with Gasteiger partial charge in [-0.3, -0.25) is 13.5 Å². The maximum absolute atomic E-state index is 13.0. The van der Waals surface area contributed by atoms with Crippen LogP contribution in [0.1, 0.15) is 48.2 Å². The van der Waals surface area contributed by atoms with E-state index in [0.717, 1.165) is 36.2 Å². The summed E-state index contributed by atoms with van der Waals surface area (Å²) in [4.78, 5) is 16.6. The number of nitrogens with one attached hydrogen (secondary N) is 2. The Balaban J connectivity index is 1.32. The van der Waals surface area contributed by atoms with Crippen LogP contribution in [-0.2, 0) is 10.0 Å². The fraction of sp³-hybridized carbons (Fsp3) is 0.391. The maximum Gasteiger partial charge on any atom is 0.281 e. The maximum atomic E-state index is 13.0. The van der Waals surface area contributed by atoms with Crippen LogP contribution < -0.4 is 14.9 Å². The second kappa shape index (κ2) is 9.57. The quantitative estimate of drug-likeness (QED) is 0.524. The Labute approximate surface area is 197 Å². The average molecular weight is 492 g/mol. The normalized spacial score (nSPS) is 18.7. The van der Waals surface area contributed by atoms with Crippen LogP contribution in [0.2, 0.25) is 0 Å². The monoisotopic (exact) mass is 491 g/mol. The number of amides is 1. The first kappa shape index (κ1) is 23.9. The molecule has 0 atom stereocenters. The number of carbonyl (C=O) groups is 1. The van der Waals surface area contributed by atoms with E-state index in [1.165, 1.54) is 13.2 Å². The van der Waals surface area contributed by atoms with Crippen molar-refractivity contribution in [2.75, 3.05) is 22.9 Å². The Morgan fingerprint density at radius 2 is 1.74 bits per heavy atom. The lowest BCUT2D eigenvalue weighted by Gasteiger charge is -2.30. The molecule has 11 heteroatoms. The van der Waals surface area contributed by atoms with Crippen molar-refractivity contribution in [1.82, 2.24) is 14.7 Å². The van der Waals surface area contributed by atoms with Gasteiger partial charge in [0.15, 0.2) is 0 Å². The molecule has 1 amide bonds. The van der Waals surface area contributed by atoms with Crippen LogP contribution in [-0.4, -0.2) is 49.1 Å². The van der Waals surface area contributed by atoms with Gasteiger partial charge in [-0.05, 0) is 62.1 Å². The van der Waals surface area contributed by atoms with E-state index >= 15 is 0 Å². The molecule has 0 unspecified atom stereocenters. The highest BCUT2D eigenvalue weighted by Gasteiger charge is 2.24. The van der Waals surface area contributed by atoms with Crippen molar-refractivity contribution < 1.29 is 22.0 Å². The Bertz CT molecular complexity index is 1270. The van der Waals surface area contributed by atoms with Crippen molar-refractivity contribution in [3.63, 3.8) is 0 Å². The molecule has 182 valence electrons. The largest absolute Gasteiger partial charge is 0.368 e. The van der Waals surface area contributed by atoms with Gasteiger partial charge in [-0.25, -0.2) is 22.2 Å². The summed E-state index contributed by atoms with van der Waals surface area (Å²) in [6.07, 6.45) is 3.04. The Morgan fingerprint density at radius 1 is 1.09 bits per heavy atom. The van der Waals surface area contributed by atoms with Crippen molar-refractivity contribution in [2.45, 2.75) is 44.2 Å². The predicted octanol–water partition coefficient (Wildman–Crippen LogP) is 3.82. The molecule has 0 saturated heterocycles. The van der Waals surface area contributed by atoms with Crippen molar-refractivity contribution >= 4 is 33.1 Å². The van der Waals surface area contributed by atoms with E-state index in [1.807, 2.05) is 6.07 Å². The van der Waals surface area contributed by atoms with E-state index < -0.39 is 16.4 Å². The number of alkyl halides is 2. The fourth-order valence-electron chi connectivity index (χ4n) is 4.13. The number of anilines is 2. The summed E-state index contributed by atoms with van der Waals surface area (Å²) in [5.41, 5.74) is 1.17. The summed E-state index contributed by atoms with van der Waals surface area (Å²) in [6, 6.07) is 11.9. The molecule has 0 radical (unpaired) electrons. The van der Waals surface area contributed by atoms with Gasteiger partial charge in [0.1, 0.15) is 17.2 Å². The number of aromatic nitrogens is 2. The van der Waals surface area contributed by atoms with Gasteiger partial charge in [0, 0.05) is 30.9 Å². The molecule has 8 nitrogen and oxygen atoms in total. The summed E-state index contributed by atoms with van der Waals surface area (Å²) in [5.74, 6) is 0.510. The molecule has 0 spiro atoms. The van der Waals surface area contributed by atoms with E-state index in [2.05, 4.69) is 15.6 Å². The SMILES string of the molecule is CN(c1ccc(C(=O)NC2CCC(Nc3cccc4nc(C(F)F)cn34)CC2)cc1)S(C)(=O)=O. The van der Waals surface area contributed by atoms with Gasteiger partial charge in [0.25, 0.3) is 12.3 Å². The highest BCUT2D eigenvalue weighted by atomic mass is 32.2. The molecular weight excluding hydrogens is 464 g/mol. The molecular formula is C23H27F2N5O3S. The Morgan fingerprint density at radius 3 is 2.35 bits per heavy atom. The molecule has 1 aliphatic rings. The predicted molar refractivity (Wildman–Crippen MR) is 127 cm³/mol. The van der Waals surface area contributed by atoms with Crippen LogP contribution >= 0.6 is 0 Å². The molecule has 1 fully saturated rings. The second-order valence-electron chi connectivity index (χ2n) is 8.55. The van der Waals surface area contributed by atoms with E-state index in [4.69, 9.17) is 0 Å². The molecule has 2 aromatic heterocycles. The minimum absolute atomic E-state index is 0.0263. The molecule has 1 saturated carbocycles. The number of imidazole rings is 1. The van der Waals surface area contributed by atoms with Gasteiger partial charge in [-0.2, -0.15) is 0 Å². The van der Waals surface area contributed by atoms with E-state index in [-0.39, 0.29) is 23.7 Å². The van der Waals surface area contributed by atoms with Gasteiger partial charge in [0.05, 0.1) is 11.9 Å². The summed E-state index contributed by atoms with van der Waals surface area (Å²) >= 11 is 0. The standard InChI is InChI=1S/C23H27F2N5O3S/c1-29(34(2,32)33)18-12-6-15(7-13-18)23(31)27-17-10-8-16(9-11-17)26-20-4-3-5-21-28-19(22(24)25)14-30(20)21/h3-7,12-14,16-17,22,26H,8-11H2,1-2H3,(H,27,31). The van der Waals surface area contributed by atoms with E-state index in [0.29, 0.717) is 22.7 Å². The van der Waals surface area contributed by atoms with Gasteiger partial charge >= 0.3 is 0 Å². The summed E-state index contributed by atoms with van der Waals surface area (Å²) in [7, 11) is -1.91. The van der Waals surface area contributed by atoms with Crippen LogP contribution in [0.5, 0.6) is 0 Å². The zero-order valence-electron chi connectivity index (χ0n) is 18.9. The molecule has 1 aliphatic carbocycles. The number of pyridine rings is 1. The third-order valence-corrected chi connectivity index (χ3v) is 7.35. The Kier molecular flexibility index (Phi) is 6.74. The molecule has 2 N–H and O–H groups in total. The lowest BCUT2D eigenvalue weighted by Crippen LogP contribution is -2.40. The summed E-state index contributed by atoms with van der Waals surface area (Å²) < 4.78 is 52.1. The molecule has 1 aromatic carbocycles. The van der Waals surface area contributed by atoms with Crippen molar-refractivity contribution in [3.8, 4) is 0 Å². The van der Waals surface area contributed by atoms with Gasteiger partial charge in [-0.15, -0.1) is 0 Å². The van der Waals surface area contributed by atoms with Crippen LogP contribution in [0.4, 0.5) is 20.3 Å². The number of hydrogen-bond donors (Lipinski definition) is 2. The molecule has 0 aliphatic heterocycles. The summed E-state index contributed by atoms with van der Waals surface area (Å²) in [6.45, 7) is 0. The van der Waals surface area contributed by atoms with Crippen molar-refractivity contribution in [2.24, 2.45) is 0 Å². The summed E-state index contributed by atoms with van der Waals surface area (Å²) in [5, 5.41) is 6.47. The fourth-order valence-corrected chi connectivity index (χ4v) is 4.63. The van der Waals surface area contributed by atoms with Crippen LogP contribution in [0.15, 0.2) is 48.7 Å². The highest BCUT2D eigenvalue weighted by molar-refractivity contribution is 7.92. The smallest absolute Gasteiger partial charge is 0.281 e. The third-order valence-electron chi connectivity index (χ3n) is 6.14. The third kappa shape index (κ3) is 5.30. The highest BCUT2D eigenvalue weighted by Crippen LogP contribution is 2.25. The van der Waals surface area contributed by atoms with Gasteiger partial charge in [0.2, 0.25) is 10.0 Å². The zero-order chi connectivity index (χ0) is 24.5. The number of hydrogen-bond acceptors (Lipinski definition) is 5. The average Bonchev–Trinajstić information content (AvgIpc) is 3.25. The lowest BCUT2D eigenvalue weighted by molar-refractivity contribution is 0.0926. The zero-order valence-corrected chi connectivity index (χ0v) is 19.7. The van der Waals surface area contributed by atoms with Crippen LogP contribution in [0.3, 0.4) is 0 Å². The molecule has 2 heterocycles. The number of benzene rings is 1. The number of fused-ring (bicyclic) bond motifs is 1. The first-order chi connectivity index (χ1) is 16.1. The topological polar surface area (TPSA) is 95.8 Å². The molecule has 34 heavy (non-hydrogen) atoms. The molecule has 4 rings (SSSR count). The molecule has 3 aromatic rings. The lowest BCUT2D eigenvalue weighted by atomic mass is 9.91. The number of carbonyl (C=O) groups excluding carboxylic acids is 1. The van der Waals surface area contributed by atoms with Gasteiger partial charge in [-0.1, -0.05) is 6.07 Å². The van der Waals surface area contributed by atoms with E-state index in [9.17, 15) is 22.0 Å². The van der Waals surface area contributed by atoms with Gasteiger partial charge < -0.3 is 10.6 Å². The van der Waals surface area contributed by atoms with Crippen LogP contribution in [0.25, 0.3) is 5.65 Å². The molecule has 0 bridgehead atoms. The minimum atomic E-state index is -3.37. The minimum Gasteiger partial charge on any atom is -0.368 e. The second-order valence-corrected chi connectivity index (χ2v) is 10.6.